The maximum Gasteiger partial charge on any atom is 0.261 e. The van der Waals surface area contributed by atoms with Gasteiger partial charge in [-0.05, 0) is 56.6 Å². The van der Waals surface area contributed by atoms with Crippen molar-refractivity contribution in [3.05, 3.63) is 59.6 Å². The molecule has 1 atom stereocenters. The number of nitrogens with one attached hydrogen (secondary N) is 1. The minimum absolute atomic E-state index is 0.0399. The summed E-state index contributed by atoms with van der Waals surface area (Å²) in [6.45, 7) is 5.75. The molecule has 11 nitrogen and oxygen atoms in total. The highest BCUT2D eigenvalue weighted by Gasteiger charge is 2.32. The predicted octanol–water partition coefficient (Wildman–Crippen LogP) is 4.38. The molecule has 4 heterocycles. The molecule has 13 heteroatoms. The lowest BCUT2D eigenvalue weighted by atomic mass is 9.80. The third kappa shape index (κ3) is 6.55. The fourth-order valence-electron chi connectivity index (χ4n) is 5.39. The van der Waals surface area contributed by atoms with E-state index in [0.29, 0.717) is 35.0 Å². The van der Waals surface area contributed by atoms with Crippen molar-refractivity contribution in [2.24, 2.45) is 5.41 Å². The molecule has 3 aromatic heterocycles. The molecule has 0 spiro atoms. The van der Waals surface area contributed by atoms with Gasteiger partial charge in [0.25, 0.3) is 5.91 Å². The summed E-state index contributed by atoms with van der Waals surface area (Å²) in [6, 6.07) is 6.40. The summed E-state index contributed by atoms with van der Waals surface area (Å²) in [7, 11) is 4.12. The van der Waals surface area contributed by atoms with E-state index in [1.54, 1.807) is 36.8 Å². The molecule has 1 unspecified atom stereocenters. The van der Waals surface area contributed by atoms with Gasteiger partial charge in [-0.25, -0.2) is 13.9 Å². The molecule has 4 aromatic rings. The number of alkyl halides is 1. The van der Waals surface area contributed by atoms with Crippen LogP contribution >= 0.6 is 11.6 Å². The van der Waals surface area contributed by atoms with E-state index in [1.807, 2.05) is 4.90 Å². The summed E-state index contributed by atoms with van der Waals surface area (Å²) < 4.78 is 22.3. The summed E-state index contributed by atoms with van der Waals surface area (Å²) >= 11 is 6.30. The fraction of sp³-hybridized carbons (Fsp3) is 0.414. The maximum atomic E-state index is 13.9. The zero-order valence-electron chi connectivity index (χ0n) is 24.0. The van der Waals surface area contributed by atoms with Gasteiger partial charge < -0.3 is 19.9 Å². The number of anilines is 1. The Labute approximate surface area is 248 Å². The van der Waals surface area contributed by atoms with E-state index >= 15 is 0 Å². The monoisotopic (exact) mass is 596 g/mol. The Morgan fingerprint density at radius 2 is 2.02 bits per heavy atom. The number of aromatic nitrogens is 5. The van der Waals surface area contributed by atoms with Gasteiger partial charge in [0.2, 0.25) is 12.3 Å². The van der Waals surface area contributed by atoms with E-state index in [9.17, 15) is 14.0 Å². The number of hydrogen-bond donors (Lipinski definition) is 1. The van der Waals surface area contributed by atoms with E-state index in [2.05, 4.69) is 46.4 Å². The number of fused-ring (bicyclic) bond motifs is 1. The first kappa shape index (κ1) is 29.5. The number of piperidine rings is 1. The number of carbonyl (C=O) groups is 2. The number of amides is 2. The van der Waals surface area contributed by atoms with Crippen LogP contribution in [-0.4, -0.2) is 86.1 Å². The fourth-order valence-corrected chi connectivity index (χ4v) is 5.56. The van der Waals surface area contributed by atoms with Gasteiger partial charge in [0.15, 0.2) is 5.65 Å². The average molecular weight is 597 g/mol. The lowest BCUT2D eigenvalue weighted by molar-refractivity contribution is -0.134. The van der Waals surface area contributed by atoms with Crippen molar-refractivity contribution in [1.82, 2.24) is 34.2 Å². The number of rotatable bonds is 9. The Morgan fingerprint density at radius 3 is 2.74 bits per heavy atom. The van der Waals surface area contributed by atoms with Crippen LogP contribution in [0.3, 0.4) is 0 Å². The van der Waals surface area contributed by atoms with Crippen LogP contribution in [-0.2, 0) is 11.3 Å². The SMILES string of the molecule is CC(F)Oc1ccc(Cl)cc1-c1nn(CC(=O)N2CCC(C)(CN(C)C)CC2)cc1NC(=O)c1cnn2cccnc12. The average Bonchev–Trinajstić information content (AvgIpc) is 3.53. The first-order valence-corrected chi connectivity index (χ1v) is 14.1. The number of hydrogen-bond acceptors (Lipinski definition) is 7. The maximum absolute atomic E-state index is 13.9. The van der Waals surface area contributed by atoms with Gasteiger partial charge in [-0.3, -0.25) is 14.3 Å². The summed E-state index contributed by atoms with van der Waals surface area (Å²) in [5.41, 5.74) is 1.71. The van der Waals surface area contributed by atoms with E-state index in [1.165, 1.54) is 28.4 Å². The number of likely N-dealkylation sites (tertiary alicyclic amines) is 1. The Kier molecular flexibility index (Phi) is 8.46. The number of ether oxygens (including phenoxy) is 1. The van der Waals surface area contributed by atoms with Crippen molar-refractivity contribution in [3.63, 3.8) is 0 Å². The topological polar surface area (TPSA) is 110 Å². The Morgan fingerprint density at radius 1 is 1.26 bits per heavy atom. The molecule has 0 saturated carbocycles. The highest BCUT2D eigenvalue weighted by molar-refractivity contribution is 6.31. The van der Waals surface area contributed by atoms with Gasteiger partial charge in [-0.2, -0.15) is 10.2 Å². The summed E-state index contributed by atoms with van der Waals surface area (Å²) in [5, 5.41) is 12.1. The Hall–Kier alpha value is -4.03. The minimum atomic E-state index is -1.60. The molecular weight excluding hydrogens is 563 g/mol. The number of nitrogens with zero attached hydrogens (tertiary/aromatic N) is 7. The molecule has 1 aliphatic rings. The van der Waals surface area contributed by atoms with Crippen LogP contribution in [0, 0.1) is 5.41 Å². The van der Waals surface area contributed by atoms with Crippen molar-refractivity contribution < 1.29 is 18.7 Å². The highest BCUT2D eigenvalue weighted by atomic mass is 35.5. The minimum Gasteiger partial charge on any atom is -0.460 e. The van der Waals surface area contributed by atoms with Gasteiger partial charge in [-0.15, -0.1) is 0 Å². The van der Waals surface area contributed by atoms with Crippen LogP contribution in [0.25, 0.3) is 16.9 Å². The molecule has 1 N–H and O–H groups in total. The molecule has 5 rings (SSSR count). The van der Waals surface area contributed by atoms with Gasteiger partial charge in [0.05, 0.1) is 11.9 Å². The van der Waals surface area contributed by atoms with Gasteiger partial charge in [-0.1, -0.05) is 18.5 Å². The third-order valence-electron chi connectivity index (χ3n) is 7.34. The normalized spacial score (nSPS) is 15.6. The largest absolute Gasteiger partial charge is 0.460 e. The summed E-state index contributed by atoms with van der Waals surface area (Å²) in [4.78, 5) is 35.0. The molecule has 0 bridgehead atoms. The van der Waals surface area contributed by atoms with Crippen molar-refractivity contribution in [1.29, 1.82) is 0 Å². The number of halogens is 2. The number of benzene rings is 1. The van der Waals surface area contributed by atoms with E-state index in [-0.39, 0.29) is 34.9 Å². The lowest BCUT2D eigenvalue weighted by Crippen LogP contribution is -2.46. The van der Waals surface area contributed by atoms with Gasteiger partial charge in [0.1, 0.15) is 23.6 Å². The molecule has 1 aliphatic heterocycles. The molecular formula is C29H34ClFN8O3. The second-order valence-corrected chi connectivity index (χ2v) is 11.7. The van der Waals surface area contributed by atoms with Crippen LogP contribution in [0.5, 0.6) is 5.75 Å². The van der Waals surface area contributed by atoms with Crippen LogP contribution in [0.2, 0.25) is 5.02 Å². The molecule has 42 heavy (non-hydrogen) atoms. The molecule has 222 valence electrons. The first-order valence-electron chi connectivity index (χ1n) is 13.7. The molecule has 1 fully saturated rings. The zero-order valence-corrected chi connectivity index (χ0v) is 24.8. The van der Waals surface area contributed by atoms with Gasteiger partial charge >= 0.3 is 0 Å². The van der Waals surface area contributed by atoms with Crippen LogP contribution in [0.4, 0.5) is 10.1 Å². The van der Waals surface area contributed by atoms with Crippen molar-refractivity contribution in [2.75, 3.05) is 39.0 Å². The smallest absolute Gasteiger partial charge is 0.261 e. The van der Waals surface area contributed by atoms with Crippen LogP contribution in [0.15, 0.2) is 49.1 Å². The molecule has 1 saturated heterocycles. The number of carbonyl (C=O) groups excluding carboxylic acids is 2. The quantitative estimate of drug-likeness (QED) is 0.305. The Bertz CT molecular complexity index is 1590. The molecule has 0 aliphatic carbocycles. The molecule has 2 amide bonds. The predicted molar refractivity (Wildman–Crippen MR) is 157 cm³/mol. The molecule has 1 aromatic carbocycles. The zero-order chi connectivity index (χ0) is 30.0. The van der Waals surface area contributed by atoms with Crippen molar-refractivity contribution >= 4 is 34.7 Å². The standard InChI is InChI=1S/C29H34ClFN8O3/c1-19(31)42-24-7-6-20(30)14-21(24)26-23(34-28(41)22-15-33-39-11-5-10-32-27(22)39)16-38(35-26)17-25(40)37-12-8-29(2,9-13-37)18-36(3)4/h5-7,10-11,14-16,19H,8-9,12-13,17-18H2,1-4H3,(H,34,41). The molecule has 0 radical (unpaired) electrons. The first-order chi connectivity index (χ1) is 20.0. The van der Waals surface area contributed by atoms with Crippen LogP contribution in [0.1, 0.15) is 37.0 Å². The van der Waals surface area contributed by atoms with E-state index in [0.717, 1.165) is 19.4 Å². The Balaban J connectivity index is 1.44. The lowest BCUT2D eigenvalue weighted by Gasteiger charge is -2.40. The highest BCUT2D eigenvalue weighted by Crippen LogP contribution is 2.37. The second kappa shape index (κ2) is 12.1. The van der Waals surface area contributed by atoms with E-state index < -0.39 is 12.3 Å². The summed E-state index contributed by atoms with van der Waals surface area (Å²) in [6.07, 6.45) is 6.46. The van der Waals surface area contributed by atoms with Crippen molar-refractivity contribution in [3.8, 4) is 17.0 Å². The van der Waals surface area contributed by atoms with Crippen LogP contribution < -0.4 is 10.1 Å². The second-order valence-electron chi connectivity index (χ2n) is 11.2. The third-order valence-corrected chi connectivity index (χ3v) is 7.57. The summed E-state index contributed by atoms with van der Waals surface area (Å²) in [5.74, 6) is -0.369. The van der Waals surface area contributed by atoms with Crippen molar-refractivity contribution in [2.45, 2.75) is 39.6 Å². The van der Waals surface area contributed by atoms with Gasteiger partial charge in [0, 0.05) is 55.7 Å². The van der Waals surface area contributed by atoms with E-state index in [4.69, 9.17) is 16.3 Å².